The number of carbonyl (C=O) groups excluding carboxylic acids is 1. The molecular formula is C13H6F4O. The molecule has 0 heterocycles. The van der Waals surface area contributed by atoms with Gasteiger partial charge in [0.25, 0.3) is 0 Å². The minimum atomic E-state index is -1.08. The van der Waals surface area contributed by atoms with Gasteiger partial charge in [-0.05, 0) is 35.4 Å². The molecule has 0 aliphatic carbocycles. The highest BCUT2D eigenvalue weighted by Crippen LogP contribution is 2.25. The summed E-state index contributed by atoms with van der Waals surface area (Å²) in [5.41, 5.74) is -0.771. The van der Waals surface area contributed by atoms with Crippen LogP contribution in [0.5, 0.6) is 0 Å². The van der Waals surface area contributed by atoms with Crippen molar-refractivity contribution in [2.75, 3.05) is 0 Å². The Labute approximate surface area is 99.7 Å². The van der Waals surface area contributed by atoms with Crippen molar-refractivity contribution in [2.45, 2.75) is 0 Å². The van der Waals surface area contributed by atoms with E-state index in [4.69, 9.17) is 0 Å². The first-order valence-electron chi connectivity index (χ1n) is 4.92. The lowest BCUT2D eigenvalue weighted by atomic mass is 10.0. The van der Waals surface area contributed by atoms with Gasteiger partial charge in [-0.1, -0.05) is 0 Å². The summed E-state index contributed by atoms with van der Waals surface area (Å²) in [6, 6.07) is 4.23. The molecule has 0 unspecified atom stereocenters. The zero-order valence-electron chi connectivity index (χ0n) is 8.88. The van der Waals surface area contributed by atoms with Crippen LogP contribution in [0.1, 0.15) is 10.4 Å². The van der Waals surface area contributed by atoms with E-state index in [-0.39, 0.29) is 17.4 Å². The number of hydrogen-bond acceptors (Lipinski definition) is 1. The van der Waals surface area contributed by atoms with Crippen molar-refractivity contribution >= 4 is 6.29 Å². The van der Waals surface area contributed by atoms with Crippen molar-refractivity contribution in [2.24, 2.45) is 0 Å². The fourth-order valence-corrected chi connectivity index (χ4v) is 1.58. The van der Waals surface area contributed by atoms with Crippen molar-refractivity contribution < 1.29 is 22.4 Å². The predicted molar refractivity (Wildman–Crippen MR) is 57.1 cm³/mol. The fourth-order valence-electron chi connectivity index (χ4n) is 1.58. The second-order valence-electron chi connectivity index (χ2n) is 3.63. The molecule has 0 radical (unpaired) electrons. The average Bonchev–Trinajstić information content (AvgIpc) is 2.27. The second-order valence-corrected chi connectivity index (χ2v) is 3.63. The van der Waals surface area contributed by atoms with E-state index in [0.29, 0.717) is 6.07 Å². The summed E-state index contributed by atoms with van der Waals surface area (Å²) in [5, 5.41) is 0. The van der Waals surface area contributed by atoms with E-state index in [1.165, 1.54) is 0 Å². The van der Waals surface area contributed by atoms with Gasteiger partial charge in [0.1, 0.15) is 23.3 Å². The van der Waals surface area contributed by atoms with Crippen molar-refractivity contribution in [1.29, 1.82) is 0 Å². The molecule has 0 spiro atoms. The van der Waals surface area contributed by atoms with E-state index in [0.717, 1.165) is 24.3 Å². The summed E-state index contributed by atoms with van der Waals surface area (Å²) in [5.74, 6) is -3.87. The minimum Gasteiger partial charge on any atom is -0.298 e. The minimum absolute atomic E-state index is 0.0113. The van der Waals surface area contributed by atoms with Gasteiger partial charge >= 0.3 is 0 Å². The van der Waals surface area contributed by atoms with Crippen LogP contribution in [0, 0.1) is 23.3 Å². The topological polar surface area (TPSA) is 17.1 Å². The Kier molecular flexibility index (Phi) is 3.14. The third kappa shape index (κ3) is 2.25. The Morgan fingerprint density at radius 3 is 1.61 bits per heavy atom. The number of halogens is 4. The molecule has 0 saturated heterocycles. The summed E-state index contributed by atoms with van der Waals surface area (Å²) < 4.78 is 52.6. The predicted octanol–water partition coefficient (Wildman–Crippen LogP) is 3.72. The normalized spacial score (nSPS) is 10.4. The summed E-state index contributed by atoms with van der Waals surface area (Å²) in [6.45, 7) is 0. The summed E-state index contributed by atoms with van der Waals surface area (Å²) in [6.07, 6.45) is 0.0423. The summed E-state index contributed by atoms with van der Waals surface area (Å²) in [4.78, 5) is 10.4. The van der Waals surface area contributed by atoms with Gasteiger partial charge in [-0.25, -0.2) is 17.6 Å². The van der Waals surface area contributed by atoms with Gasteiger partial charge in [-0.15, -0.1) is 0 Å². The maximum atomic E-state index is 13.3. The number of aldehydes is 1. The molecule has 0 aliphatic rings. The van der Waals surface area contributed by atoms with Gasteiger partial charge in [-0.2, -0.15) is 0 Å². The van der Waals surface area contributed by atoms with Crippen molar-refractivity contribution in [3.63, 3.8) is 0 Å². The highest BCUT2D eigenvalue weighted by molar-refractivity contribution is 5.78. The molecule has 5 heteroatoms. The molecule has 2 aromatic carbocycles. The monoisotopic (exact) mass is 254 g/mol. The zero-order chi connectivity index (χ0) is 13.3. The molecule has 0 aromatic heterocycles. The lowest BCUT2D eigenvalue weighted by molar-refractivity contribution is 0.111. The maximum absolute atomic E-state index is 13.3. The average molecular weight is 254 g/mol. The first-order chi connectivity index (χ1) is 8.51. The number of benzene rings is 2. The summed E-state index contributed by atoms with van der Waals surface area (Å²) in [7, 11) is 0. The van der Waals surface area contributed by atoms with Gasteiger partial charge in [0.15, 0.2) is 6.29 Å². The van der Waals surface area contributed by atoms with E-state index < -0.39 is 28.8 Å². The molecule has 0 saturated carbocycles. The van der Waals surface area contributed by atoms with Gasteiger partial charge in [0, 0.05) is 6.07 Å². The molecule has 0 N–H and O–H groups in total. The first kappa shape index (κ1) is 12.3. The third-order valence-corrected chi connectivity index (χ3v) is 2.39. The Hall–Kier alpha value is -2.17. The van der Waals surface area contributed by atoms with Gasteiger partial charge in [-0.3, -0.25) is 4.79 Å². The molecule has 18 heavy (non-hydrogen) atoms. The highest BCUT2D eigenvalue weighted by Gasteiger charge is 2.12. The van der Waals surface area contributed by atoms with Crippen LogP contribution in [0.25, 0.3) is 11.1 Å². The largest absolute Gasteiger partial charge is 0.298 e. The molecular weight excluding hydrogens is 248 g/mol. The second kappa shape index (κ2) is 4.60. The van der Waals surface area contributed by atoms with Gasteiger partial charge in [0.05, 0.1) is 5.56 Å². The van der Waals surface area contributed by atoms with Crippen LogP contribution >= 0.6 is 0 Å². The Bertz CT molecular complexity index is 579. The Morgan fingerprint density at radius 2 is 1.17 bits per heavy atom. The number of hydrogen-bond donors (Lipinski definition) is 0. The van der Waals surface area contributed by atoms with Crippen LogP contribution in [-0.4, -0.2) is 6.29 Å². The van der Waals surface area contributed by atoms with E-state index in [1.54, 1.807) is 0 Å². The lowest BCUT2D eigenvalue weighted by Crippen LogP contribution is -1.95. The molecule has 2 aromatic rings. The standard InChI is InChI=1S/C13H6F4O/c14-9-1-7(2-10(15)5-9)8-3-12(16)11(6-18)13(17)4-8/h1-6H. The van der Waals surface area contributed by atoms with E-state index in [1.807, 2.05) is 0 Å². The van der Waals surface area contributed by atoms with Gasteiger partial charge in [0.2, 0.25) is 0 Å². The molecule has 0 atom stereocenters. The lowest BCUT2D eigenvalue weighted by Gasteiger charge is -2.05. The van der Waals surface area contributed by atoms with E-state index in [9.17, 15) is 22.4 Å². The van der Waals surface area contributed by atoms with Crippen molar-refractivity contribution in [3.8, 4) is 11.1 Å². The molecule has 0 amide bonds. The highest BCUT2D eigenvalue weighted by atomic mass is 19.1. The van der Waals surface area contributed by atoms with Crippen LogP contribution in [-0.2, 0) is 0 Å². The van der Waals surface area contributed by atoms with Crippen LogP contribution < -0.4 is 0 Å². The van der Waals surface area contributed by atoms with E-state index >= 15 is 0 Å². The fraction of sp³-hybridized carbons (Fsp3) is 0. The zero-order valence-corrected chi connectivity index (χ0v) is 8.88. The summed E-state index contributed by atoms with van der Waals surface area (Å²) >= 11 is 0. The van der Waals surface area contributed by atoms with Crippen molar-refractivity contribution in [3.05, 3.63) is 59.2 Å². The molecule has 0 fully saturated rings. The molecule has 2 rings (SSSR count). The van der Waals surface area contributed by atoms with Crippen LogP contribution in [0.3, 0.4) is 0 Å². The first-order valence-corrected chi connectivity index (χ1v) is 4.92. The SMILES string of the molecule is O=Cc1c(F)cc(-c2cc(F)cc(F)c2)cc1F. The van der Waals surface area contributed by atoms with Crippen LogP contribution in [0.15, 0.2) is 30.3 Å². The molecule has 0 aliphatic heterocycles. The van der Waals surface area contributed by atoms with Gasteiger partial charge < -0.3 is 0 Å². The quantitative estimate of drug-likeness (QED) is 0.589. The van der Waals surface area contributed by atoms with Crippen LogP contribution in [0.4, 0.5) is 17.6 Å². The molecule has 0 bridgehead atoms. The van der Waals surface area contributed by atoms with E-state index in [2.05, 4.69) is 0 Å². The Morgan fingerprint density at radius 1 is 0.722 bits per heavy atom. The number of rotatable bonds is 2. The molecule has 92 valence electrons. The molecule has 1 nitrogen and oxygen atoms in total. The smallest absolute Gasteiger partial charge is 0.155 e. The number of carbonyl (C=O) groups is 1. The van der Waals surface area contributed by atoms with Crippen LogP contribution in [0.2, 0.25) is 0 Å². The maximum Gasteiger partial charge on any atom is 0.155 e. The third-order valence-electron chi connectivity index (χ3n) is 2.39. The van der Waals surface area contributed by atoms with Crippen molar-refractivity contribution in [1.82, 2.24) is 0 Å². The Balaban J connectivity index is 2.61.